The van der Waals surface area contributed by atoms with Gasteiger partial charge < -0.3 is 5.32 Å². The number of amides is 1. The monoisotopic (exact) mass is 275 g/mol. The van der Waals surface area contributed by atoms with Gasteiger partial charge in [-0.15, -0.1) is 0 Å². The normalized spacial score (nSPS) is 15.1. The molecule has 1 N–H and O–H groups in total. The topological polar surface area (TPSA) is 29.1 Å². The van der Waals surface area contributed by atoms with Crippen LogP contribution in [-0.4, -0.2) is 11.9 Å². The molecule has 2 nitrogen and oxygen atoms in total. The zero-order chi connectivity index (χ0) is 11.0. The Labute approximate surface area is 93.8 Å². The molecule has 1 aliphatic rings. The minimum absolute atomic E-state index is 0.0166. The van der Waals surface area contributed by atoms with Crippen molar-refractivity contribution in [2.75, 3.05) is 0 Å². The van der Waals surface area contributed by atoms with Gasteiger partial charge in [-0.05, 0) is 40.9 Å². The molecule has 0 aromatic heterocycles. The summed E-state index contributed by atoms with van der Waals surface area (Å²) in [6, 6.07) is 2.71. The van der Waals surface area contributed by atoms with Crippen molar-refractivity contribution in [1.29, 1.82) is 0 Å². The summed E-state index contributed by atoms with van der Waals surface area (Å²) in [6.45, 7) is 0. The summed E-state index contributed by atoms with van der Waals surface area (Å²) in [5.41, 5.74) is -0.248. The summed E-state index contributed by atoms with van der Waals surface area (Å²) < 4.78 is 26.4. The van der Waals surface area contributed by atoms with Gasteiger partial charge in [-0.25, -0.2) is 8.78 Å². The molecule has 0 atom stereocenters. The maximum atomic E-state index is 13.3. The molecule has 0 aliphatic heterocycles. The highest BCUT2D eigenvalue weighted by molar-refractivity contribution is 9.10. The van der Waals surface area contributed by atoms with E-state index in [1.165, 1.54) is 12.1 Å². The lowest BCUT2D eigenvalue weighted by Gasteiger charge is -2.05. The van der Waals surface area contributed by atoms with Crippen molar-refractivity contribution >= 4 is 21.8 Å². The van der Waals surface area contributed by atoms with Gasteiger partial charge in [-0.2, -0.15) is 0 Å². The van der Waals surface area contributed by atoms with Crippen molar-refractivity contribution < 1.29 is 13.6 Å². The summed E-state index contributed by atoms with van der Waals surface area (Å²) in [5, 5.41) is 2.60. The van der Waals surface area contributed by atoms with Gasteiger partial charge in [0.25, 0.3) is 5.91 Å². The number of nitrogens with one attached hydrogen (secondary N) is 1. The summed E-state index contributed by atoms with van der Waals surface area (Å²) in [6.07, 6.45) is 1.82. The van der Waals surface area contributed by atoms with E-state index >= 15 is 0 Å². The molecular weight excluding hydrogens is 268 g/mol. The van der Waals surface area contributed by atoms with Crippen LogP contribution in [0.4, 0.5) is 8.78 Å². The van der Waals surface area contributed by atoms with Crippen molar-refractivity contribution in [3.05, 3.63) is 33.8 Å². The van der Waals surface area contributed by atoms with E-state index in [1.807, 2.05) is 0 Å². The average Bonchev–Trinajstić information content (AvgIpc) is 2.98. The van der Waals surface area contributed by atoms with Crippen LogP contribution in [0.5, 0.6) is 0 Å². The quantitative estimate of drug-likeness (QED) is 0.826. The third kappa shape index (κ3) is 2.17. The van der Waals surface area contributed by atoms with Crippen LogP contribution < -0.4 is 5.32 Å². The smallest absolute Gasteiger partial charge is 0.254 e. The molecule has 0 bridgehead atoms. The van der Waals surface area contributed by atoms with E-state index in [0.717, 1.165) is 12.8 Å². The second kappa shape index (κ2) is 3.89. The lowest BCUT2D eigenvalue weighted by molar-refractivity contribution is 0.0946. The summed E-state index contributed by atoms with van der Waals surface area (Å²) in [7, 11) is 0. The maximum Gasteiger partial charge on any atom is 0.254 e. The van der Waals surface area contributed by atoms with Crippen molar-refractivity contribution in [2.45, 2.75) is 18.9 Å². The van der Waals surface area contributed by atoms with E-state index in [2.05, 4.69) is 21.2 Å². The molecule has 5 heteroatoms. The molecule has 1 fully saturated rings. The molecule has 1 aromatic carbocycles. The van der Waals surface area contributed by atoms with Gasteiger partial charge >= 0.3 is 0 Å². The van der Waals surface area contributed by atoms with Gasteiger partial charge in [-0.3, -0.25) is 4.79 Å². The second-order valence-electron chi connectivity index (χ2n) is 3.47. The number of hydrogen-bond acceptors (Lipinski definition) is 1. The molecular formula is C10H8BrF2NO. The molecule has 0 saturated heterocycles. The molecule has 0 unspecified atom stereocenters. The number of carbonyl (C=O) groups excluding carboxylic acids is 1. The first-order valence-corrected chi connectivity index (χ1v) is 5.33. The van der Waals surface area contributed by atoms with Crippen molar-refractivity contribution in [3.63, 3.8) is 0 Å². The first-order chi connectivity index (χ1) is 7.09. The summed E-state index contributed by atoms with van der Waals surface area (Å²) in [4.78, 5) is 11.4. The molecule has 15 heavy (non-hydrogen) atoms. The fourth-order valence-electron chi connectivity index (χ4n) is 1.19. The zero-order valence-electron chi connectivity index (χ0n) is 7.69. The van der Waals surface area contributed by atoms with Gasteiger partial charge in [0.2, 0.25) is 0 Å². The SMILES string of the molecule is O=C(NC1CC1)c1ccc(Br)c(F)c1F. The Balaban J connectivity index is 2.26. The van der Waals surface area contributed by atoms with Gasteiger partial charge in [0, 0.05) is 6.04 Å². The van der Waals surface area contributed by atoms with E-state index in [1.54, 1.807) is 0 Å². The molecule has 1 amide bonds. The van der Waals surface area contributed by atoms with Crippen LogP contribution in [0.3, 0.4) is 0 Å². The first-order valence-electron chi connectivity index (χ1n) is 4.54. The molecule has 2 rings (SSSR count). The number of hydrogen-bond donors (Lipinski definition) is 1. The molecule has 80 valence electrons. The van der Waals surface area contributed by atoms with Crippen LogP contribution in [0.1, 0.15) is 23.2 Å². The largest absolute Gasteiger partial charge is 0.349 e. The summed E-state index contributed by atoms with van der Waals surface area (Å²) >= 11 is 2.85. The lowest BCUT2D eigenvalue weighted by atomic mass is 10.2. The highest BCUT2D eigenvalue weighted by Gasteiger charge is 2.26. The third-order valence-corrected chi connectivity index (χ3v) is 2.80. The first kappa shape index (κ1) is 10.5. The standard InChI is InChI=1S/C10H8BrF2NO/c11-7-4-3-6(8(12)9(7)13)10(15)14-5-1-2-5/h3-5H,1-2H2,(H,14,15). The third-order valence-electron chi connectivity index (χ3n) is 2.19. The minimum Gasteiger partial charge on any atom is -0.349 e. The predicted octanol–water partition coefficient (Wildman–Crippen LogP) is 2.62. The Morgan fingerprint density at radius 1 is 1.33 bits per heavy atom. The van der Waals surface area contributed by atoms with Gasteiger partial charge in [0.05, 0.1) is 10.0 Å². The Bertz CT molecular complexity index is 418. The van der Waals surface area contributed by atoms with E-state index in [0.29, 0.717) is 0 Å². The van der Waals surface area contributed by atoms with Gasteiger partial charge in [0.15, 0.2) is 11.6 Å². The van der Waals surface area contributed by atoms with Crippen LogP contribution in [0.25, 0.3) is 0 Å². The minimum atomic E-state index is -1.11. The van der Waals surface area contributed by atoms with E-state index in [-0.39, 0.29) is 16.1 Å². The van der Waals surface area contributed by atoms with Gasteiger partial charge in [0.1, 0.15) is 0 Å². The average molecular weight is 276 g/mol. The maximum absolute atomic E-state index is 13.3. The number of benzene rings is 1. The Morgan fingerprint density at radius 3 is 2.60 bits per heavy atom. The van der Waals surface area contributed by atoms with Crippen molar-refractivity contribution in [3.8, 4) is 0 Å². The fraction of sp³-hybridized carbons (Fsp3) is 0.300. The molecule has 0 heterocycles. The Morgan fingerprint density at radius 2 is 2.00 bits per heavy atom. The summed E-state index contributed by atoms with van der Waals surface area (Å²) in [5.74, 6) is -2.69. The molecule has 1 aliphatic carbocycles. The van der Waals surface area contributed by atoms with E-state index in [9.17, 15) is 13.6 Å². The van der Waals surface area contributed by atoms with Gasteiger partial charge in [-0.1, -0.05) is 0 Å². The Hall–Kier alpha value is -0.970. The zero-order valence-corrected chi connectivity index (χ0v) is 9.27. The van der Waals surface area contributed by atoms with Crippen LogP contribution in [0.2, 0.25) is 0 Å². The van der Waals surface area contributed by atoms with Crippen LogP contribution >= 0.6 is 15.9 Å². The molecule has 1 saturated carbocycles. The van der Waals surface area contributed by atoms with Crippen molar-refractivity contribution in [2.24, 2.45) is 0 Å². The molecule has 0 radical (unpaired) electrons. The highest BCUT2D eigenvalue weighted by Crippen LogP contribution is 2.23. The number of rotatable bonds is 2. The highest BCUT2D eigenvalue weighted by atomic mass is 79.9. The number of halogens is 3. The van der Waals surface area contributed by atoms with E-state index in [4.69, 9.17) is 0 Å². The molecule has 1 aromatic rings. The van der Waals surface area contributed by atoms with Crippen LogP contribution in [0, 0.1) is 11.6 Å². The van der Waals surface area contributed by atoms with E-state index < -0.39 is 17.5 Å². The van der Waals surface area contributed by atoms with Crippen LogP contribution in [-0.2, 0) is 0 Å². The fourth-order valence-corrected chi connectivity index (χ4v) is 1.50. The second-order valence-corrected chi connectivity index (χ2v) is 4.32. The lowest BCUT2D eigenvalue weighted by Crippen LogP contribution is -2.26. The van der Waals surface area contributed by atoms with Crippen molar-refractivity contribution in [1.82, 2.24) is 5.32 Å². The predicted molar refractivity (Wildman–Crippen MR) is 54.5 cm³/mol. The number of carbonyl (C=O) groups is 1. The molecule has 0 spiro atoms. The van der Waals surface area contributed by atoms with Crippen LogP contribution in [0.15, 0.2) is 16.6 Å². The Kier molecular flexibility index (Phi) is 2.73.